The molecule has 1 aliphatic rings. The molecule has 0 N–H and O–H groups in total. The van der Waals surface area contributed by atoms with E-state index in [-0.39, 0.29) is 11.2 Å². The minimum Gasteiger partial charge on any atom is -0.748 e. The van der Waals surface area contributed by atoms with Crippen LogP contribution < -0.4 is 0 Å². The van der Waals surface area contributed by atoms with Crippen LogP contribution in [0.2, 0.25) is 0 Å². The molecule has 0 unspecified atom stereocenters. The van der Waals surface area contributed by atoms with E-state index >= 15 is 0 Å². The Labute approximate surface area is 229 Å². The summed E-state index contributed by atoms with van der Waals surface area (Å²) in [5.74, 6) is -0.322. The number of aryl methyl sites for hydroxylation is 1. The Balaban J connectivity index is 1.49. The third kappa shape index (κ3) is 5.39. The lowest BCUT2D eigenvalue weighted by Gasteiger charge is -2.17. The molecule has 0 saturated heterocycles. The molecule has 0 saturated carbocycles. The third-order valence-electron chi connectivity index (χ3n) is 7.46. The van der Waals surface area contributed by atoms with Gasteiger partial charge in [-0.2, -0.15) is 4.58 Å². The lowest BCUT2D eigenvalue weighted by Crippen LogP contribution is -2.28. The molecule has 0 amide bonds. The minimum absolute atomic E-state index is 0.243. The zero-order valence-corrected chi connectivity index (χ0v) is 23.7. The number of nitrogens with zero attached hydrogens (tertiary/aromatic N) is 1. The zero-order chi connectivity index (χ0) is 26.9. The van der Waals surface area contributed by atoms with Crippen molar-refractivity contribution in [3.05, 3.63) is 94.9 Å². The van der Waals surface area contributed by atoms with Crippen molar-refractivity contribution in [1.82, 2.24) is 0 Å². The van der Waals surface area contributed by atoms with E-state index in [4.69, 9.17) is 0 Å². The average molecular weight is 544 g/mol. The Bertz CT molecular complexity index is 1640. The molecule has 196 valence electrons. The van der Waals surface area contributed by atoms with Crippen molar-refractivity contribution in [3.8, 4) is 10.4 Å². The molecule has 0 radical (unpaired) electrons. The number of allylic oxidation sites excluding steroid dienone is 1. The van der Waals surface area contributed by atoms with Crippen molar-refractivity contribution >= 4 is 49.7 Å². The Morgan fingerprint density at radius 2 is 1.68 bits per heavy atom. The highest BCUT2D eigenvalue weighted by molar-refractivity contribution is 7.85. The summed E-state index contributed by atoms with van der Waals surface area (Å²) >= 11 is 1.77. The van der Waals surface area contributed by atoms with Crippen LogP contribution in [-0.2, 0) is 22.0 Å². The SMILES string of the molecule is CCc1ccc(-c2ccc(/C=C/C3=[N+](CCCCS(=O)(=O)[O-])c4ccc5ccccc5c4C3(C)C)s2)cc1. The van der Waals surface area contributed by atoms with Gasteiger partial charge in [0.05, 0.1) is 15.5 Å². The third-order valence-corrected chi connectivity index (χ3v) is 9.35. The lowest BCUT2D eigenvalue weighted by molar-refractivity contribution is -0.438. The second kappa shape index (κ2) is 10.6. The fourth-order valence-electron chi connectivity index (χ4n) is 5.49. The maximum atomic E-state index is 11.2. The summed E-state index contributed by atoms with van der Waals surface area (Å²) in [5.41, 5.74) is 5.94. The number of fused-ring (bicyclic) bond motifs is 3. The average Bonchev–Trinajstić information content (AvgIpc) is 3.45. The molecular weight excluding hydrogens is 510 g/mol. The monoisotopic (exact) mass is 543 g/mol. The first-order chi connectivity index (χ1) is 18.2. The standard InChI is InChI=1S/C32H33NO3S2/c1-4-23-11-13-25(14-12-23)29-19-16-26(37-29)17-20-30-32(2,3)31-27-10-6-5-9-24(27)15-18-28(31)33(30)21-7-8-22-38(34,35)36/h5-6,9-20H,4,7-8,21-22H2,1-3H3/b20-17+. The molecule has 4 aromatic rings. The quantitative estimate of drug-likeness (QED) is 0.124. The van der Waals surface area contributed by atoms with Crippen molar-refractivity contribution in [1.29, 1.82) is 0 Å². The fraction of sp³-hybridized carbons (Fsp3) is 0.281. The number of unbranched alkanes of at least 4 members (excludes halogenated alkanes) is 1. The molecule has 0 fully saturated rings. The summed E-state index contributed by atoms with van der Waals surface area (Å²) in [6, 6.07) is 25.9. The van der Waals surface area contributed by atoms with Gasteiger partial charge in [0.1, 0.15) is 6.54 Å². The van der Waals surface area contributed by atoms with Crippen LogP contribution in [0.25, 0.3) is 27.3 Å². The Kier molecular flexibility index (Phi) is 7.40. The summed E-state index contributed by atoms with van der Waals surface area (Å²) in [6.07, 6.45) is 6.42. The van der Waals surface area contributed by atoms with E-state index in [9.17, 15) is 13.0 Å². The summed E-state index contributed by atoms with van der Waals surface area (Å²) in [5, 5.41) is 2.44. The Hall–Kier alpha value is -3.06. The van der Waals surface area contributed by atoms with Crippen LogP contribution in [0.3, 0.4) is 0 Å². The summed E-state index contributed by atoms with van der Waals surface area (Å²) in [4.78, 5) is 2.43. The highest BCUT2D eigenvalue weighted by Crippen LogP contribution is 2.44. The van der Waals surface area contributed by atoms with Gasteiger partial charge in [-0.3, -0.25) is 0 Å². The van der Waals surface area contributed by atoms with E-state index in [1.165, 1.54) is 42.9 Å². The largest absolute Gasteiger partial charge is 0.748 e. The Morgan fingerprint density at radius 1 is 0.921 bits per heavy atom. The van der Waals surface area contributed by atoms with Gasteiger partial charge in [0.15, 0.2) is 5.71 Å². The topological polar surface area (TPSA) is 60.2 Å². The van der Waals surface area contributed by atoms with Gasteiger partial charge in [-0.05, 0) is 72.9 Å². The normalized spacial score (nSPS) is 15.1. The van der Waals surface area contributed by atoms with Crippen molar-refractivity contribution in [3.63, 3.8) is 0 Å². The first-order valence-corrected chi connectivity index (χ1v) is 15.5. The van der Waals surface area contributed by atoms with Gasteiger partial charge in [-0.25, -0.2) is 8.42 Å². The molecule has 38 heavy (non-hydrogen) atoms. The van der Waals surface area contributed by atoms with Gasteiger partial charge in [-0.15, -0.1) is 11.3 Å². The summed E-state index contributed by atoms with van der Waals surface area (Å²) in [7, 11) is -4.20. The number of benzene rings is 3. The van der Waals surface area contributed by atoms with Crippen molar-refractivity contribution in [2.75, 3.05) is 12.3 Å². The highest BCUT2D eigenvalue weighted by Gasteiger charge is 2.45. The molecular formula is C32H33NO3S2. The van der Waals surface area contributed by atoms with E-state index < -0.39 is 10.1 Å². The van der Waals surface area contributed by atoms with Gasteiger partial charge < -0.3 is 4.55 Å². The summed E-state index contributed by atoms with van der Waals surface area (Å²) in [6.45, 7) is 7.34. The molecule has 0 atom stereocenters. The lowest BCUT2D eigenvalue weighted by atomic mass is 9.79. The number of hydrogen-bond acceptors (Lipinski definition) is 4. The second-order valence-corrected chi connectivity index (χ2v) is 13.0. The molecule has 0 bridgehead atoms. The van der Waals surface area contributed by atoms with E-state index in [2.05, 4.69) is 110 Å². The van der Waals surface area contributed by atoms with E-state index in [1.54, 1.807) is 11.3 Å². The van der Waals surface area contributed by atoms with Crippen LogP contribution in [0.1, 0.15) is 49.6 Å². The molecule has 5 rings (SSSR count). The van der Waals surface area contributed by atoms with Crippen LogP contribution in [0, 0.1) is 0 Å². The van der Waals surface area contributed by atoms with Gasteiger partial charge in [0, 0.05) is 39.6 Å². The van der Waals surface area contributed by atoms with Crippen molar-refractivity contribution in [2.24, 2.45) is 0 Å². The summed E-state index contributed by atoms with van der Waals surface area (Å²) < 4.78 is 35.8. The second-order valence-electron chi connectivity index (χ2n) is 10.4. The molecule has 0 spiro atoms. The van der Waals surface area contributed by atoms with E-state index in [0.717, 1.165) is 12.1 Å². The smallest absolute Gasteiger partial charge is 0.210 e. The maximum Gasteiger partial charge on any atom is 0.210 e. The predicted molar refractivity (Wildman–Crippen MR) is 159 cm³/mol. The zero-order valence-electron chi connectivity index (χ0n) is 22.1. The Morgan fingerprint density at radius 3 is 2.42 bits per heavy atom. The van der Waals surface area contributed by atoms with Gasteiger partial charge >= 0.3 is 0 Å². The molecule has 6 heteroatoms. The van der Waals surface area contributed by atoms with Crippen LogP contribution in [-0.4, -0.2) is 35.6 Å². The number of thiophene rings is 1. The highest BCUT2D eigenvalue weighted by atomic mass is 32.2. The number of rotatable bonds is 9. The van der Waals surface area contributed by atoms with Gasteiger partial charge in [0.25, 0.3) is 0 Å². The predicted octanol–water partition coefficient (Wildman–Crippen LogP) is 7.55. The maximum absolute atomic E-state index is 11.2. The molecule has 4 nitrogen and oxygen atoms in total. The molecule has 1 aromatic heterocycles. The van der Waals surface area contributed by atoms with E-state index in [1.807, 2.05) is 0 Å². The minimum atomic E-state index is -4.20. The van der Waals surface area contributed by atoms with Crippen molar-refractivity contribution < 1.29 is 17.5 Å². The van der Waals surface area contributed by atoms with E-state index in [0.29, 0.717) is 19.4 Å². The number of hydrogen-bond donors (Lipinski definition) is 0. The van der Waals surface area contributed by atoms with Crippen molar-refractivity contribution in [2.45, 2.75) is 45.4 Å². The first kappa shape index (κ1) is 26.5. The van der Waals surface area contributed by atoms with Crippen LogP contribution in [0.5, 0.6) is 0 Å². The molecule has 1 aliphatic heterocycles. The fourth-order valence-corrected chi connectivity index (χ4v) is 6.96. The molecule has 3 aromatic carbocycles. The first-order valence-electron chi connectivity index (χ1n) is 13.2. The van der Waals surface area contributed by atoms with Crippen LogP contribution >= 0.6 is 11.3 Å². The van der Waals surface area contributed by atoms with Crippen LogP contribution in [0.4, 0.5) is 5.69 Å². The molecule has 2 heterocycles. The molecule has 0 aliphatic carbocycles. The van der Waals surface area contributed by atoms with Gasteiger partial charge in [0.2, 0.25) is 5.69 Å². The van der Waals surface area contributed by atoms with Crippen LogP contribution in [0.15, 0.2) is 78.9 Å². The van der Waals surface area contributed by atoms with Gasteiger partial charge in [-0.1, -0.05) is 55.5 Å².